The summed E-state index contributed by atoms with van der Waals surface area (Å²) in [5.74, 6) is 0.880. The van der Waals surface area contributed by atoms with Crippen molar-refractivity contribution < 1.29 is 8.39 Å². The number of thioether (sulfide) groups is 1. The zero-order valence-corrected chi connectivity index (χ0v) is 28.5. The summed E-state index contributed by atoms with van der Waals surface area (Å²) >= 11 is 1.90. The van der Waals surface area contributed by atoms with E-state index in [0.29, 0.717) is 6.54 Å². The second-order valence-electron chi connectivity index (χ2n) is 12.3. The van der Waals surface area contributed by atoms with E-state index >= 15 is 0 Å². The van der Waals surface area contributed by atoms with Gasteiger partial charge in [-0.25, -0.2) is 0 Å². The van der Waals surface area contributed by atoms with E-state index in [-0.39, 0.29) is 6.04 Å². The predicted octanol–water partition coefficient (Wildman–Crippen LogP) is 12.4. The summed E-state index contributed by atoms with van der Waals surface area (Å²) in [7, 11) is -1.57. The maximum atomic E-state index is 7.18. The number of fused-ring (bicyclic) bond motifs is 7. The van der Waals surface area contributed by atoms with E-state index in [9.17, 15) is 0 Å². The van der Waals surface area contributed by atoms with Crippen LogP contribution in [0, 0.1) is 6.92 Å². The van der Waals surface area contributed by atoms with E-state index in [1.54, 1.807) is 0 Å². The van der Waals surface area contributed by atoms with Crippen LogP contribution in [0.4, 0.5) is 0 Å². The first-order valence-corrected chi connectivity index (χ1v) is 18.5. The third-order valence-electron chi connectivity index (χ3n) is 8.98. The maximum absolute atomic E-state index is 7.18. The standard InChI is InChI=1S/C43H36NO2PS/c1-31-20-24-37(25-21-31)48-30-36(28-32-12-4-2-5-13-32)44(29-33-14-6-3-7-15-33)47-45-40-26-22-34-16-8-10-18-38(34)42(40)43-39-19-11-9-17-35(39)23-27-41(43)46-47/h2-27,36H,28-30H2,1H3/t36-/m0/s1. The van der Waals surface area contributed by atoms with E-state index in [4.69, 9.17) is 8.39 Å². The van der Waals surface area contributed by atoms with Crippen LogP contribution in [0.2, 0.25) is 0 Å². The SMILES string of the molecule is Cc1ccc(SC[C@H](Cc2ccccc2)N(Cc2ccccc2)p2oc3ccc4ccccc4c3c3c(ccc4ccccc43)o2)cc1. The minimum atomic E-state index is -1.57. The molecule has 48 heavy (non-hydrogen) atoms. The lowest BCUT2D eigenvalue weighted by atomic mass is 9.99. The molecule has 0 aliphatic heterocycles. The molecule has 0 aliphatic rings. The number of rotatable bonds is 9. The molecule has 8 aromatic rings. The van der Waals surface area contributed by atoms with E-state index in [2.05, 4.69) is 169 Å². The second-order valence-corrected chi connectivity index (χ2v) is 14.7. The van der Waals surface area contributed by atoms with Crippen LogP contribution in [0.1, 0.15) is 16.7 Å². The van der Waals surface area contributed by atoms with Gasteiger partial charge in [-0.2, -0.15) is 4.67 Å². The van der Waals surface area contributed by atoms with Gasteiger partial charge in [-0.05, 0) is 70.3 Å². The minimum absolute atomic E-state index is 0.121. The van der Waals surface area contributed by atoms with Gasteiger partial charge in [-0.15, -0.1) is 11.8 Å². The molecule has 8 rings (SSSR count). The molecule has 0 bridgehead atoms. The fourth-order valence-electron chi connectivity index (χ4n) is 6.52. The quantitative estimate of drug-likeness (QED) is 0.144. The molecule has 1 aromatic heterocycles. The topological polar surface area (TPSA) is 29.5 Å². The first-order valence-electron chi connectivity index (χ1n) is 16.4. The monoisotopic (exact) mass is 661 g/mol. The Hall–Kier alpha value is -4.73. The van der Waals surface area contributed by atoms with Crippen LogP contribution in [-0.4, -0.2) is 11.8 Å². The highest BCUT2D eigenvalue weighted by molar-refractivity contribution is 7.99. The molecule has 7 aromatic carbocycles. The van der Waals surface area contributed by atoms with Gasteiger partial charge in [-0.3, -0.25) is 0 Å². The van der Waals surface area contributed by atoms with Crippen molar-refractivity contribution in [2.45, 2.75) is 30.8 Å². The van der Waals surface area contributed by atoms with Crippen molar-refractivity contribution in [3.63, 3.8) is 0 Å². The Morgan fingerprint density at radius 2 is 1.08 bits per heavy atom. The molecule has 0 N–H and O–H groups in total. The molecule has 0 radical (unpaired) electrons. The van der Waals surface area contributed by atoms with Crippen molar-refractivity contribution in [2.24, 2.45) is 0 Å². The minimum Gasteiger partial charge on any atom is -0.408 e. The molecule has 5 heteroatoms. The lowest BCUT2D eigenvalue weighted by Crippen LogP contribution is -2.36. The van der Waals surface area contributed by atoms with E-state index in [0.717, 1.165) is 34.1 Å². The summed E-state index contributed by atoms with van der Waals surface area (Å²) in [6, 6.07) is 56.3. The summed E-state index contributed by atoms with van der Waals surface area (Å²) in [5.41, 5.74) is 5.52. The van der Waals surface area contributed by atoms with Gasteiger partial charge in [0, 0.05) is 34.0 Å². The van der Waals surface area contributed by atoms with Gasteiger partial charge >= 0.3 is 8.16 Å². The zero-order valence-electron chi connectivity index (χ0n) is 26.8. The molecule has 0 saturated carbocycles. The van der Waals surface area contributed by atoms with Crippen molar-refractivity contribution >= 4 is 63.4 Å². The van der Waals surface area contributed by atoms with Gasteiger partial charge in [0.25, 0.3) is 0 Å². The van der Waals surface area contributed by atoms with Crippen LogP contribution in [-0.2, 0) is 13.0 Å². The summed E-state index contributed by atoms with van der Waals surface area (Å²) in [6.45, 7) is 2.84. The Balaban J connectivity index is 1.37. The molecule has 0 fully saturated rings. The van der Waals surface area contributed by atoms with Gasteiger partial charge in [-0.1, -0.05) is 139 Å². The smallest absolute Gasteiger partial charge is 0.310 e. The van der Waals surface area contributed by atoms with Gasteiger partial charge in [0.05, 0.1) is 0 Å². The van der Waals surface area contributed by atoms with Crippen molar-refractivity contribution in [3.8, 4) is 0 Å². The highest BCUT2D eigenvalue weighted by atomic mass is 32.2. The van der Waals surface area contributed by atoms with Crippen LogP contribution in [0.3, 0.4) is 0 Å². The normalized spacial score (nSPS) is 12.3. The fraction of sp³-hybridized carbons (Fsp3) is 0.116. The zero-order chi connectivity index (χ0) is 32.3. The number of nitrogens with zero attached hydrogens (tertiary/aromatic N) is 1. The van der Waals surface area contributed by atoms with Gasteiger partial charge < -0.3 is 8.39 Å². The third kappa shape index (κ3) is 6.40. The van der Waals surface area contributed by atoms with Crippen molar-refractivity contribution in [3.05, 3.63) is 174 Å². The Bertz CT molecular complexity index is 2280. The third-order valence-corrected chi connectivity index (χ3v) is 11.7. The first-order chi connectivity index (χ1) is 23.7. The summed E-state index contributed by atoms with van der Waals surface area (Å²) in [5, 5.41) is 6.89. The van der Waals surface area contributed by atoms with Gasteiger partial charge in [0.1, 0.15) is 11.2 Å². The van der Waals surface area contributed by atoms with Crippen LogP contribution >= 0.6 is 19.9 Å². The molecule has 0 spiro atoms. The molecular formula is C43H36NO2PS. The molecule has 0 amide bonds. The summed E-state index contributed by atoms with van der Waals surface area (Å²) in [6.07, 6.45) is 0.868. The Morgan fingerprint density at radius 1 is 0.562 bits per heavy atom. The average molecular weight is 662 g/mol. The van der Waals surface area contributed by atoms with Crippen LogP contribution in [0.25, 0.3) is 43.5 Å². The summed E-state index contributed by atoms with van der Waals surface area (Å²) in [4.78, 5) is 1.27. The van der Waals surface area contributed by atoms with E-state index in [1.807, 2.05) is 11.8 Å². The van der Waals surface area contributed by atoms with Crippen molar-refractivity contribution in [1.82, 2.24) is 0 Å². The summed E-state index contributed by atoms with van der Waals surface area (Å²) < 4.78 is 16.8. The predicted molar refractivity (Wildman–Crippen MR) is 206 cm³/mol. The van der Waals surface area contributed by atoms with Gasteiger partial charge in [0.2, 0.25) is 0 Å². The highest BCUT2D eigenvalue weighted by Crippen LogP contribution is 2.44. The Morgan fingerprint density at radius 3 is 1.67 bits per heavy atom. The molecule has 236 valence electrons. The Labute approximate surface area is 286 Å². The van der Waals surface area contributed by atoms with Gasteiger partial charge in [0.15, 0.2) is 0 Å². The van der Waals surface area contributed by atoms with Crippen LogP contribution in [0.5, 0.6) is 0 Å². The largest absolute Gasteiger partial charge is 0.408 e. The highest BCUT2D eigenvalue weighted by Gasteiger charge is 2.27. The number of aryl methyl sites for hydroxylation is 1. The molecule has 0 aliphatic carbocycles. The average Bonchev–Trinajstić information content (AvgIpc) is 3.31. The fourth-order valence-corrected chi connectivity index (χ4v) is 9.24. The number of benzene rings is 7. The number of hydrogen-bond acceptors (Lipinski definition) is 4. The first kappa shape index (κ1) is 30.6. The van der Waals surface area contributed by atoms with E-state index < -0.39 is 8.16 Å². The van der Waals surface area contributed by atoms with Crippen molar-refractivity contribution in [1.29, 1.82) is 0 Å². The molecule has 0 saturated heterocycles. The molecule has 1 atom stereocenters. The maximum Gasteiger partial charge on any atom is 0.310 e. The van der Waals surface area contributed by atoms with Crippen LogP contribution in [0.15, 0.2) is 171 Å². The van der Waals surface area contributed by atoms with E-state index in [1.165, 1.54) is 43.1 Å². The lowest BCUT2D eigenvalue weighted by Gasteiger charge is -2.29. The lowest BCUT2D eigenvalue weighted by molar-refractivity contribution is 0.585. The molecule has 1 heterocycles. The molecular weight excluding hydrogens is 626 g/mol. The van der Waals surface area contributed by atoms with Crippen LogP contribution < -0.4 is 4.67 Å². The van der Waals surface area contributed by atoms with Crippen molar-refractivity contribution in [2.75, 3.05) is 10.4 Å². The number of hydrogen-bond donors (Lipinski definition) is 0. The second kappa shape index (κ2) is 13.8. The molecule has 0 unspecified atom stereocenters. The molecule has 3 nitrogen and oxygen atoms in total. The Kier molecular flexibility index (Phi) is 8.79.